The fourth-order valence-corrected chi connectivity index (χ4v) is 2.06. The van der Waals surface area contributed by atoms with Gasteiger partial charge in [-0.15, -0.1) is 0 Å². The van der Waals surface area contributed by atoms with Crippen LogP contribution < -0.4 is 5.32 Å². The first-order chi connectivity index (χ1) is 10.5. The Hall–Kier alpha value is -2.35. The van der Waals surface area contributed by atoms with E-state index in [2.05, 4.69) is 38.2 Å². The number of rotatable bonds is 5. The summed E-state index contributed by atoms with van der Waals surface area (Å²) in [5.41, 5.74) is 2.77. The Morgan fingerprint density at radius 2 is 1.64 bits per heavy atom. The Balaban J connectivity index is 2.13. The first-order valence-electron chi connectivity index (χ1n) is 7.56. The molecule has 2 aromatic rings. The van der Waals surface area contributed by atoms with Crippen LogP contribution in [0.5, 0.6) is 0 Å². The van der Waals surface area contributed by atoms with Gasteiger partial charge in [0.05, 0.1) is 0 Å². The molecule has 0 aliphatic rings. The van der Waals surface area contributed by atoms with E-state index in [1.54, 1.807) is 6.08 Å². The molecular formula is C20H23NO. The standard InChI is InChI=1S/C20H23NO/c1-20(2,3)14-13-19(22)17-11-7-8-12-18(17)21-15-16-9-5-4-6-10-16/h4-14,21H,15H2,1-3H3/b14-13+. The van der Waals surface area contributed by atoms with Crippen molar-refractivity contribution in [1.82, 2.24) is 0 Å². The summed E-state index contributed by atoms with van der Waals surface area (Å²) in [6.07, 6.45) is 3.62. The lowest BCUT2D eigenvalue weighted by molar-refractivity contribution is 0.104. The number of ketones is 1. The highest BCUT2D eigenvalue weighted by Gasteiger charge is 2.10. The van der Waals surface area contributed by atoms with Crippen molar-refractivity contribution in [2.45, 2.75) is 27.3 Å². The van der Waals surface area contributed by atoms with Crippen LogP contribution in [0.2, 0.25) is 0 Å². The normalized spacial score (nSPS) is 11.6. The van der Waals surface area contributed by atoms with Gasteiger partial charge in [-0.3, -0.25) is 4.79 Å². The third kappa shape index (κ3) is 4.88. The van der Waals surface area contributed by atoms with Crippen LogP contribution in [0, 0.1) is 5.41 Å². The van der Waals surface area contributed by atoms with Crippen molar-refractivity contribution < 1.29 is 4.79 Å². The average Bonchev–Trinajstić information content (AvgIpc) is 2.51. The Kier molecular flexibility index (Phi) is 5.16. The second-order valence-electron chi connectivity index (χ2n) is 6.45. The number of benzene rings is 2. The van der Waals surface area contributed by atoms with Crippen LogP contribution in [0.4, 0.5) is 5.69 Å². The summed E-state index contributed by atoms with van der Waals surface area (Å²) in [6, 6.07) is 17.8. The van der Waals surface area contributed by atoms with Crippen molar-refractivity contribution in [3.8, 4) is 0 Å². The molecule has 0 aliphatic heterocycles. The second-order valence-corrected chi connectivity index (χ2v) is 6.45. The highest BCUT2D eigenvalue weighted by atomic mass is 16.1. The van der Waals surface area contributed by atoms with Gasteiger partial charge < -0.3 is 5.32 Å². The Morgan fingerprint density at radius 1 is 1.00 bits per heavy atom. The molecule has 0 spiro atoms. The van der Waals surface area contributed by atoms with Crippen molar-refractivity contribution in [2.24, 2.45) is 5.41 Å². The molecule has 2 heteroatoms. The van der Waals surface area contributed by atoms with Crippen LogP contribution in [0.1, 0.15) is 36.7 Å². The van der Waals surface area contributed by atoms with Gasteiger partial charge in [0.15, 0.2) is 5.78 Å². The van der Waals surface area contributed by atoms with Crippen molar-refractivity contribution in [1.29, 1.82) is 0 Å². The van der Waals surface area contributed by atoms with E-state index in [0.717, 1.165) is 5.69 Å². The molecule has 2 rings (SSSR count). The van der Waals surface area contributed by atoms with Gasteiger partial charge in [0.2, 0.25) is 0 Å². The summed E-state index contributed by atoms with van der Waals surface area (Å²) in [5.74, 6) is 0.0334. The lowest BCUT2D eigenvalue weighted by Crippen LogP contribution is -2.06. The number of anilines is 1. The van der Waals surface area contributed by atoms with E-state index in [9.17, 15) is 4.79 Å². The molecule has 0 aliphatic carbocycles. The number of carbonyl (C=O) groups excluding carboxylic acids is 1. The maximum absolute atomic E-state index is 12.4. The summed E-state index contributed by atoms with van der Waals surface area (Å²) >= 11 is 0. The highest BCUT2D eigenvalue weighted by molar-refractivity contribution is 6.08. The molecule has 0 saturated heterocycles. The van der Waals surface area contributed by atoms with Gasteiger partial charge >= 0.3 is 0 Å². The van der Waals surface area contributed by atoms with Gasteiger partial charge in [-0.1, -0.05) is 69.3 Å². The Bertz CT molecular complexity index is 651. The molecule has 2 aromatic carbocycles. The lowest BCUT2D eigenvalue weighted by atomic mass is 9.95. The topological polar surface area (TPSA) is 29.1 Å². The maximum atomic E-state index is 12.4. The molecule has 0 fully saturated rings. The van der Waals surface area contributed by atoms with Crippen LogP contribution in [0.3, 0.4) is 0 Å². The summed E-state index contributed by atoms with van der Waals surface area (Å²) in [7, 11) is 0. The van der Waals surface area contributed by atoms with E-state index < -0.39 is 0 Å². The predicted octanol–water partition coefficient (Wildman–Crippen LogP) is 5.08. The fourth-order valence-electron chi connectivity index (χ4n) is 2.06. The van der Waals surface area contributed by atoms with Gasteiger partial charge in [0.25, 0.3) is 0 Å². The van der Waals surface area contributed by atoms with Gasteiger partial charge in [-0.05, 0) is 29.2 Å². The zero-order valence-corrected chi connectivity index (χ0v) is 13.5. The third-order valence-electron chi connectivity index (χ3n) is 3.25. The van der Waals surface area contributed by atoms with Gasteiger partial charge in [-0.25, -0.2) is 0 Å². The number of para-hydroxylation sites is 1. The van der Waals surface area contributed by atoms with E-state index in [1.807, 2.05) is 48.5 Å². The van der Waals surface area contributed by atoms with Crippen LogP contribution >= 0.6 is 0 Å². The Morgan fingerprint density at radius 3 is 2.32 bits per heavy atom. The second kappa shape index (κ2) is 7.08. The fraction of sp³-hybridized carbons (Fsp3) is 0.250. The maximum Gasteiger partial charge on any atom is 0.187 e. The van der Waals surface area contributed by atoms with Crippen LogP contribution in [0.15, 0.2) is 66.7 Å². The molecule has 22 heavy (non-hydrogen) atoms. The average molecular weight is 293 g/mol. The van der Waals surface area contributed by atoms with E-state index in [1.165, 1.54) is 5.56 Å². The van der Waals surface area contributed by atoms with E-state index in [4.69, 9.17) is 0 Å². The lowest BCUT2D eigenvalue weighted by Gasteiger charge is -2.12. The summed E-state index contributed by atoms with van der Waals surface area (Å²) < 4.78 is 0. The monoisotopic (exact) mass is 293 g/mol. The number of allylic oxidation sites excluding steroid dienone is 2. The predicted molar refractivity (Wildman–Crippen MR) is 93.1 cm³/mol. The number of hydrogen-bond donors (Lipinski definition) is 1. The van der Waals surface area contributed by atoms with Crippen LogP contribution in [0.25, 0.3) is 0 Å². The van der Waals surface area contributed by atoms with Crippen molar-refractivity contribution in [3.63, 3.8) is 0 Å². The van der Waals surface area contributed by atoms with Crippen molar-refractivity contribution in [2.75, 3.05) is 5.32 Å². The smallest absolute Gasteiger partial charge is 0.187 e. The minimum absolute atomic E-state index is 0.00205. The third-order valence-corrected chi connectivity index (χ3v) is 3.25. The quantitative estimate of drug-likeness (QED) is 0.615. The number of carbonyl (C=O) groups is 1. The van der Waals surface area contributed by atoms with E-state index in [-0.39, 0.29) is 11.2 Å². The molecule has 0 amide bonds. The molecule has 114 valence electrons. The first-order valence-corrected chi connectivity index (χ1v) is 7.56. The highest BCUT2D eigenvalue weighted by Crippen LogP contribution is 2.19. The van der Waals surface area contributed by atoms with Crippen LogP contribution in [-0.2, 0) is 6.54 Å². The molecular weight excluding hydrogens is 270 g/mol. The molecule has 0 unspecified atom stereocenters. The van der Waals surface area contributed by atoms with Crippen molar-refractivity contribution >= 4 is 11.5 Å². The summed E-state index contributed by atoms with van der Waals surface area (Å²) in [6.45, 7) is 6.94. The summed E-state index contributed by atoms with van der Waals surface area (Å²) in [5, 5.41) is 3.35. The SMILES string of the molecule is CC(C)(C)/C=C/C(=O)c1ccccc1NCc1ccccc1. The van der Waals surface area contributed by atoms with Gasteiger partial charge in [0, 0.05) is 17.8 Å². The molecule has 0 aromatic heterocycles. The molecule has 0 atom stereocenters. The van der Waals surface area contributed by atoms with E-state index >= 15 is 0 Å². The molecule has 2 nitrogen and oxygen atoms in total. The minimum atomic E-state index is 0.00205. The van der Waals surface area contributed by atoms with E-state index in [0.29, 0.717) is 12.1 Å². The largest absolute Gasteiger partial charge is 0.380 e. The molecule has 0 heterocycles. The first kappa shape index (κ1) is 16.0. The molecule has 1 N–H and O–H groups in total. The molecule has 0 radical (unpaired) electrons. The number of hydrogen-bond acceptors (Lipinski definition) is 2. The van der Waals surface area contributed by atoms with Crippen molar-refractivity contribution in [3.05, 3.63) is 77.9 Å². The van der Waals surface area contributed by atoms with Crippen LogP contribution in [-0.4, -0.2) is 5.78 Å². The zero-order chi connectivity index (χ0) is 16.0. The van der Waals surface area contributed by atoms with Gasteiger partial charge in [0.1, 0.15) is 0 Å². The Labute approximate surface area is 132 Å². The molecule has 0 bridgehead atoms. The van der Waals surface area contributed by atoms with Gasteiger partial charge in [-0.2, -0.15) is 0 Å². The zero-order valence-electron chi connectivity index (χ0n) is 13.5. The summed E-state index contributed by atoms with van der Waals surface area (Å²) in [4.78, 5) is 12.4. The molecule has 0 saturated carbocycles. The minimum Gasteiger partial charge on any atom is -0.380 e. The number of nitrogens with one attached hydrogen (secondary N) is 1.